The van der Waals surface area contributed by atoms with Gasteiger partial charge < -0.3 is 35.6 Å². The van der Waals surface area contributed by atoms with Crippen molar-refractivity contribution < 1.29 is 26.4 Å². The fourth-order valence-corrected chi connectivity index (χ4v) is 11.6. The molecule has 6 aromatic carbocycles. The highest BCUT2D eigenvalue weighted by atomic mass is 35.7. The Balaban J connectivity index is 0.000000171. The molecule has 2 aliphatic heterocycles. The van der Waals surface area contributed by atoms with Gasteiger partial charge in [-0.15, -0.1) is 0 Å². The number of nitrogens with one attached hydrogen (secondary N) is 3. The Bertz CT molecular complexity index is 3430. The van der Waals surface area contributed by atoms with Crippen LogP contribution in [0.25, 0.3) is 21.5 Å². The number of piperazine rings is 2. The molecule has 0 saturated carbocycles. The predicted octanol–water partition coefficient (Wildman–Crippen LogP) is 8.93. The van der Waals surface area contributed by atoms with Crippen molar-refractivity contribution in [2.75, 3.05) is 110 Å². The first-order valence-corrected chi connectivity index (χ1v) is 29.1. The van der Waals surface area contributed by atoms with E-state index in [0.717, 1.165) is 74.5 Å². The van der Waals surface area contributed by atoms with Crippen molar-refractivity contribution >= 4 is 97.2 Å². The maximum atomic E-state index is 13.2. The van der Waals surface area contributed by atoms with Gasteiger partial charge in [0.2, 0.25) is 21.8 Å². The summed E-state index contributed by atoms with van der Waals surface area (Å²) in [5.74, 6) is -0.197. The zero-order valence-electron chi connectivity index (χ0n) is 43.1. The number of fused-ring (bicyclic) bond motifs is 2. The number of carbonyl (C=O) groups excluding carboxylic acids is 2. The molecule has 400 valence electrons. The van der Waals surface area contributed by atoms with Crippen LogP contribution in [-0.4, -0.2) is 122 Å². The molecule has 19 heteroatoms. The number of hydrogen-bond donors (Lipinski definition) is 3. The molecule has 0 atom stereocenters. The van der Waals surface area contributed by atoms with Crippen molar-refractivity contribution in [3.05, 3.63) is 183 Å². The number of anilines is 6. The van der Waals surface area contributed by atoms with Crippen molar-refractivity contribution in [3.63, 3.8) is 0 Å². The van der Waals surface area contributed by atoms with Gasteiger partial charge in [0, 0.05) is 166 Å². The largest absolute Gasteiger partial charge is 0.368 e. The monoisotopic (exact) mass is 1090 g/mol. The van der Waals surface area contributed by atoms with E-state index in [1.54, 1.807) is 36.4 Å². The number of nitrogens with zero attached hydrogens (tertiary/aromatic N) is 7. The molecule has 4 heterocycles. The van der Waals surface area contributed by atoms with E-state index in [2.05, 4.69) is 69.8 Å². The average Bonchev–Trinajstić information content (AvgIpc) is 3.47. The van der Waals surface area contributed by atoms with Crippen LogP contribution >= 0.6 is 10.7 Å². The molecule has 2 amide bonds. The molecule has 2 aliphatic rings. The summed E-state index contributed by atoms with van der Waals surface area (Å²) < 4.78 is 50.0. The predicted molar refractivity (Wildman–Crippen MR) is 311 cm³/mol. The Morgan fingerprint density at radius 2 is 0.857 bits per heavy atom. The maximum Gasteiger partial charge on any atom is 0.261 e. The molecular weight excluding hydrogens is 1030 g/mol. The Hall–Kier alpha value is -7.61. The van der Waals surface area contributed by atoms with Crippen molar-refractivity contribution in [1.82, 2.24) is 19.6 Å². The number of hydrogen-bond acceptors (Lipinski definition) is 13. The molecule has 0 radical (unpaired) electrons. The first kappa shape index (κ1) is 55.6. The highest BCUT2D eigenvalue weighted by molar-refractivity contribution is 8.14. The van der Waals surface area contributed by atoms with E-state index in [-0.39, 0.29) is 34.6 Å². The molecule has 0 spiro atoms. The molecule has 10 rings (SSSR count). The SMILES string of the molecule is CN(CCC(=O)Nc1ccc(N2CCN(c3ccncc3)CC2)cc1)S(=O)(=O)c1cccc2ccccc12.CNCCC(=O)Nc1ccc(N2CCN(c3ccncc3)CC2)cc1.O=S(=O)(Cl)c1cccc2ccccc12. The molecule has 0 bridgehead atoms. The van der Waals surface area contributed by atoms with Crippen LogP contribution in [0.3, 0.4) is 0 Å². The highest BCUT2D eigenvalue weighted by Crippen LogP contribution is 2.28. The van der Waals surface area contributed by atoms with Crippen molar-refractivity contribution in [2.24, 2.45) is 0 Å². The highest BCUT2D eigenvalue weighted by Gasteiger charge is 2.24. The van der Waals surface area contributed by atoms with E-state index in [1.165, 1.54) is 34.5 Å². The number of amides is 2. The lowest BCUT2D eigenvalue weighted by molar-refractivity contribution is -0.117. The number of benzene rings is 6. The lowest BCUT2D eigenvalue weighted by Gasteiger charge is -2.37. The third-order valence-electron chi connectivity index (χ3n) is 13.4. The van der Waals surface area contributed by atoms with E-state index < -0.39 is 19.1 Å². The standard InChI is InChI=1S/C29H31N5O3S.C19H25N5O.C10H7ClO2S/c1-32(38(36,37)28-8-4-6-23-5-2-3-7-27(23)28)18-15-29(35)31-24-9-11-25(12-10-24)33-19-21-34(22-20-33)26-13-16-30-17-14-26;1-20-9-8-19(25)22-16-2-4-17(5-3-16)23-12-14-24(15-13-23)18-6-10-21-11-7-18;11-14(12,13)10-7-3-5-8-4-1-2-6-9(8)10/h2-14,16-17H,15,18-22H2,1H3,(H,31,35);2-7,10-11,20H,8-9,12-15H2,1H3,(H,22,25);1-7H. The minimum Gasteiger partial charge on any atom is -0.368 e. The number of sulfonamides is 1. The number of aromatic nitrogens is 2. The van der Waals surface area contributed by atoms with Gasteiger partial charge >= 0.3 is 0 Å². The van der Waals surface area contributed by atoms with Gasteiger partial charge in [-0.3, -0.25) is 19.6 Å². The third-order valence-corrected chi connectivity index (χ3v) is 16.6. The van der Waals surface area contributed by atoms with Gasteiger partial charge in [-0.1, -0.05) is 72.8 Å². The molecule has 8 aromatic rings. The van der Waals surface area contributed by atoms with E-state index >= 15 is 0 Å². The Morgan fingerprint density at radius 1 is 0.494 bits per heavy atom. The normalized spacial score (nSPS) is 13.8. The van der Waals surface area contributed by atoms with Crippen molar-refractivity contribution in [1.29, 1.82) is 0 Å². The van der Waals surface area contributed by atoms with Gasteiger partial charge in [0.1, 0.15) is 0 Å². The number of carbonyl (C=O) groups is 2. The summed E-state index contributed by atoms with van der Waals surface area (Å²) in [4.78, 5) is 42.4. The fraction of sp³-hybridized carbons (Fsp3) is 0.241. The van der Waals surface area contributed by atoms with Crippen LogP contribution in [0, 0.1) is 0 Å². The molecule has 77 heavy (non-hydrogen) atoms. The van der Waals surface area contributed by atoms with Crippen LogP contribution in [0.2, 0.25) is 0 Å². The van der Waals surface area contributed by atoms with Crippen LogP contribution in [0.1, 0.15) is 12.8 Å². The number of halogens is 1. The van der Waals surface area contributed by atoms with Gasteiger partial charge in [0.25, 0.3) is 9.05 Å². The van der Waals surface area contributed by atoms with Crippen LogP contribution in [0.5, 0.6) is 0 Å². The summed E-state index contributed by atoms with van der Waals surface area (Å²) in [6.45, 7) is 8.39. The summed E-state index contributed by atoms with van der Waals surface area (Å²) in [5.41, 5.74) is 6.26. The summed E-state index contributed by atoms with van der Waals surface area (Å²) >= 11 is 0. The Labute approximate surface area is 455 Å². The molecule has 3 N–H and O–H groups in total. The van der Waals surface area contributed by atoms with E-state index in [9.17, 15) is 26.4 Å². The second-order valence-corrected chi connectivity index (χ2v) is 22.9. The van der Waals surface area contributed by atoms with Gasteiger partial charge in [-0.25, -0.2) is 21.1 Å². The van der Waals surface area contributed by atoms with Crippen LogP contribution in [0.4, 0.5) is 34.1 Å². The minimum absolute atomic E-state index is 0.0352. The first-order chi connectivity index (χ1) is 37.3. The lowest BCUT2D eigenvalue weighted by Crippen LogP contribution is -2.46. The van der Waals surface area contributed by atoms with Crippen molar-refractivity contribution in [2.45, 2.75) is 22.6 Å². The van der Waals surface area contributed by atoms with Gasteiger partial charge in [-0.2, -0.15) is 0 Å². The molecular formula is C58H63ClN10O6S2. The smallest absolute Gasteiger partial charge is 0.261 e. The van der Waals surface area contributed by atoms with Crippen molar-refractivity contribution in [3.8, 4) is 0 Å². The topological polar surface area (TPSA) is 180 Å². The van der Waals surface area contributed by atoms with E-state index in [4.69, 9.17) is 10.7 Å². The number of rotatable bonds is 15. The third kappa shape index (κ3) is 15.1. The molecule has 0 unspecified atom stereocenters. The quantitative estimate of drug-likeness (QED) is 0.0830. The molecule has 16 nitrogen and oxygen atoms in total. The second kappa shape index (κ2) is 26.4. The van der Waals surface area contributed by atoms with Crippen LogP contribution in [0.15, 0.2) is 192 Å². The van der Waals surface area contributed by atoms with Crippen LogP contribution in [-0.2, 0) is 28.7 Å². The zero-order chi connectivity index (χ0) is 54.2. The lowest BCUT2D eigenvalue weighted by atomic mass is 10.1. The summed E-state index contributed by atoms with van der Waals surface area (Å²) in [7, 11) is 1.27. The molecule has 2 fully saturated rings. The van der Waals surface area contributed by atoms with E-state index in [1.807, 2.05) is 123 Å². The second-order valence-electron chi connectivity index (χ2n) is 18.4. The minimum atomic E-state index is -3.73. The van der Waals surface area contributed by atoms with E-state index in [0.29, 0.717) is 29.4 Å². The van der Waals surface area contributed by atoms with Gasteiger partial charge in [0.15, 0.2) is 0 Å². The van der Waals surface area contributed by atoms with Gasteiger partial charge in [0.05, 0.1) is 9.79 Å². The van der Waals surface area contributed by atoms with Crippen LogP contribution < -0.4 is 35.6 Å². The average molecular weight is 1100 g/mol. The zero-order valence-corrected chi connectivity index (χ0v) is 45.5. The number of pyridine rings is 2. The fourth-order valence-electron chi connectivity index (χ4n) is 9.13. The first-order valence-electron chi connectivity index (χ1n) is 25.4. The maximum absolute atomic E-state index is 13.2. The summed E-state index contributed by atoms with van der Waals surface area (Å²) in [6, 6.07) is 48.9. The van der Waals surface area contributed by atoms with Gasteiger partial charge in [-0.05, 0) is 103 Å². The molecule has 2 saturated heterocycles. The summed E-state index contributed by atoms with van der Waals surface area (Å²) in [5, 5.41) is 11.8. The Kier molecular flexibility index (Phi) is 19.1. The molecule has 2 aromatic heterocycles. The summed E-state index contributed by atoms with van der Waals surface area (Å²) in [6.07, 6.45) is 7.85. The molecule has 0 aliphatic carbocycles. The Morgan fingerprint density at radius 3 is 1.27 bits per heavy atom.